The topological polar surface area (TPSA) is 58.9 Å². The van der Waals surface area contributed by atoms with Gasteiger partial charge >= 0.3 is 0 Å². The summed E-state index contributed by atoms with van der Waals surface area (Å²) < 4.78 is 10.9. The van der Waals surface area contributed by atoms with E-state index in [4.69, 9.17) is 9.47 Å². The zero-order valence-corrected chi connectivity index (χ0v) is 7.68. The Morgan fingerprint density at radius 2 is 1.38 bits per heavy atom. The zero-order valence-electron chi connectivity index (χ0n) is 7.68. The largest absolute Gasteiger partial charge is 0.386 e. The van der Waals surface area contributed by atoms with Crippen LogP contribution in [0.25, 0.3) is 0 Å². The van der Waals surface area contributed by atoms with Crippen molar-refractivity contribution >= 4 is 0 Å². The van der Waals surface area contributed by atoms with Crippen LogP contribution in [-0.2, 0) is 9.47 Å². The fraction of sp³-hybridized carbons (Fsp3) is 0.778. The fourth-order valence-electron chi connectivity index (χ4n) is 1.79. The van der Waals surface area contributed by atoms with E-state index in [1.165, 1.54) is 12.2 Å². The van der Waals surface area contributed by atoms with Gasteiger partial charge < -0.3 is 19.7 Å². The van der Waals surface area contributed by atoms with Crippen molar-refractivity contribution in [1.29, 1.82) is 0 Å². The lowest BCUT2D eigenvalue weighted by Crippen LogP contribution is -2.44. The van der Waals surface area contributed by atoms with E-state index in [1.54, 1.807) is 13.8 Å². The van der Waals surface area contributed by atoms with Crippen molar-refractivity contribution in [3.05, 3.63) is 12.2 Å². The number of aliphatic hydroxyl groups excluding tert-OH is 2. The van der Waals surface area contributed by atoms with E-state index >= 15 is 0 Å². The molecule has 0 unspecified atom stereocenters. The van der Waals surface area contributed by atoms with Gasteiger partial charge in [-0.25, -0.2) is 0 Å². The molecular formula is C9H14O4. The van der Waals surface area contributed by atoms with Crippen LogP contribution in [-0.4, -0.2) is 40.4 Å². The lowest BCUT2D eigenvalue weighted by molar-refractivity contribution is -0.155. The minimum atomic E-state index is -0.719. The van der Waals surface area contributed by atoms with Gasteiger partial charge in [0.05, 0.1) is 0 Å². The molecule has 1 fully saturated rings. The molecule has 2 rings (SSSR count). The summed E-state index contributed by atoms with van der Waals surface area (Å²) in [6.07, 6.45) is 0.808. The maximum Gasteiger partial charge on any atom is 0.164 e. The van der Waals surface area contributed by atoms with Crippen molar-refractivity contribution in [2.24, 2.45) is 0 Å². The molecule has 0 bridgehead atoms. The molecule has 2 aliphatic rings. The average Bonchev–Trinajstić information content (AvgIpc) is 2.35. The van der Waals surface area contributed by atoms with Crippen LogP contribution in [0.5, 0.6) is 0 Å². The van der Waals surface area contributed by atoms with Crippen molar-refractivity contribution < 1.29 is 19.7 Å². The summed E-state index contributed by atoms with van der Waals surface area (Å²) in [4.78, 5) is 0. The van der Waals surface area contributed by atoms with Crippen LogP contribution in [0.2, 0.25) is 0 Å². The van der Waals surface area contributed by atoms with Gasteiger partial charge in [-0.3, -0.25) is 0 Å². The third kappa shape index (κ3) is 1.50. The first-order chi connectivity index (χ1) is 5.99. The van der Waals surface area contributed by atoms with Crippen molar-refractivity contribution in [2.75, 3.05) is 0 Å². The first-order valence-electron chi connectivity index (χ1n) is 4.40. The van der Waals surface area contributed by atoms with E-state index in [1.807, 2.05) is 0 Å². The summed E-state index contributed by atoms with van der Waals surface area (Å²) in [7, 11) is 0. The SMILES string of the molecule is CC1(C)O[C@@H]2[C@H](O1)[C@H](O)C=C[C@H]2O. The third-order valence-corrected chi connectivity index (χ3v) is 2.34. The average molecular weight is 186 g/mol. The Morgan fingerprint density at radius 3 is 1.77 bits per heavy atom. The highest BCUT2D eigenvalue weighted by atomic mass is 16.8. The predicted molar refractivity (Wildman–Crippen MR) is 45.0 cm³/mol. The number of fused-ring (bicyclic) bond motifs is 1. The second kappa shape index (κ2) is 2.78. The molecule has 0 aromatic rings. The summed E-state index contributed by atoms with van der Waals surface area (Å²) in [5.74, 6) is -0.719. The minimum Gasteiger partial charge on any atom is -0.386 e. The second-order valence-electron chi connectivity index (χ2n) is 3.93. The van der Waals surface area contributed by atoms with Gasteiger partial charge in [-0.15, -0.1) is 0 Å². The van der Waals surface area contributed by atoms with Crippen LogP contribution in [0.4, 0.5) is 0 Å². The molecular weight excluding hydrogens is 172 g/mol. The first-order valence-corrected chi connectivity index (χ1v) is 4.40. The molecule has 4 nitrogen and oxygen atoms in total. The van der Waals surface area contributed by atoms with Gasteiger partial charge in [0.15, 0.2) is 5.79 Å². The molecule has 13 heavy (non-hydrogen) atoms. The summed E-state index contributed by atoms with van der Waals surface area (Å²) in [6.45, 7) is 3.54. The number of hydrogen-bond donors (Lipinski definition) is 2. The lowest BCUT2D eigenvalue weighted by atomic mass is 9.97. The van der Waals surface area contributed by atoms with Gasteiger partial charge in [0.1, 0.15) is 24.4 Å². The molecule has 0 saturated carbocycles. The van der Waals surface area contributed by atoms with E-state index in [0.717, 1.165) is 0 Å². The molecule has 0 spiro atoms. The van der Waals surface area contributed by atoms with Crippen molar-refractivity contribution in [3.8, 4) is 0 Å². The zero-order chi connectivity index (χ0) is 9.64. The number of rotatable bonds is 0. The van der Waals surface area contributed by atoms with E-state index in [0.29, 0.717) is 0 Å². The Morgan fingerprint density at radius 1 is 1.00 bits per heavy atom. The smallest absolute Gasteiger partial charge is 0.164 e. The third-order valence-electron chi connectivity index (χ3n) is 2.34. The Balaban J connectivity index is 2.21. The van der Waals surface area contributed by atoms with Crippen molar-refractivity contribution in [1.82, 2.24) is 0 Å². The quantitative estimate of drug-likeness (QED) is 0.514. The standard InChI is InChI=1S/C9H14O4/c1-9(2)12-7-5(10)3-4-6(11)8(7)13-9/h3-8,10-11H,1-2H3/t5-,6-,7-,8+/m1/s1. The maximum atomic E-state index is 9.53. The predicted octanol–water partition coefficient (Wildman–Crippen LogP) is -0.202. The molecule has 74 valence electrons. The molecule has 0 radical (unpaired) electrons. The van der Waals surface area contributed by atoms with Crippen LogP contribution in [0, 0.1) is 0 Å². The summed E-state index contributed by atoms with van der Waals surface area (Å²) in [5, 5.41) is 19.1. The van der Waals surface area contributed by atoms with Gasteiger partial charge in [0.2, 0.25) is 0 Å². The van der Waals surface area contributed by atoms with Crippen LogP contribution in [0.1, 0.15) is 13.8 Å². The Bertz CT molecular complexity index is 214. The Kier molecular flexibility index (Phi) is 1.96. The van der Waals surface area contributed by atoms with Crippen molar-refractivity contribution in [3.63, 3.8) is 0 Å². The molecule has 1 saturated heterocycles. The molecule has 1 aliphatic carbocycles. The minimum absolute atomic E-state index is 0.449. The second-order valence-corrected chi connectivity index (χ2v) is 3.93. The highest BCUT2D eigenvalue weighted by molar-refractivity contribution is 5.10. The number of ether oxygens (including phenoxy) is 2. The van der Waals surface area contributed by atoms with Gasteiger partial charge in [0, 0.05) is 0 Å². The lowest BCUT2D eigenvalue weighted by Gasteiger charge is -2.26. The first kappa shape index (κ1) is 9.15. The molecule has 1 heterocycles. The molecule has 0 amide bonds. The number of hydrogen-bond acceptors (Lipinski definition) is 4. The molecule has 0 aromatic carbocycles. The van der Waals surface area contributed by atoms with E-state index in [2.05, 4.69) is 0 Å². The normalized spacial score (nSPS) is 47.7. The van der Waals surface area contributed by atoms with Gasteiger partial charge in [-0.05, 0) is 13.8 Å². The monoisotopic (exact) mass is 186 g/mol. The van der Waals surface area contributed by atoms with Crippen LogP contribution < -0.4 is 0 Å². The van der Waals surface area contributed by atoms with Gasteiger partial charge in [0.25, 0.3) is 0 Å². The van der Waals surface area contributed by atoms with Crippen molar-refractivity contribution in [2.45, 2.75) is 44.1 Å². The van der Waals surface area contributed by atoms with E-state index in [-0.39, 0.29) is 0 Å². The van der Waals surface area contributed by atoms with Crippen LogP contribution in [0.15, 0.2) is 12.2 Å². The van der Waals surface area contributed by atoms with E-state index < -0.39 is 30.2 Å². The Hall–Kier alpha value is -0.420. The highest BCUT2D eigenvalue weighted by Gasteiger charge is 2.48. The fourth-order valence-corrected chi connectivity index (χ4v) is 1.79. The number of aliphatic hydroxyl groups is 2. The molecule has 0 aromatic heterocycles. The van der Waals surface area contributed by atoms with Gasteiger partial charge in [-0.2, -0.15) is 0 Å². The van der Waals surface area contributed by atoms with Crippen LogP contribution >= 0.6 is 0 Å². The molecule has 4 atom stereocenters. The van der Waals surface area contributed by atoms with Crippen LogP contribution in [0.3, 0.4) is 0 Å². The van der Waals surface area contributed by atoms with Gasteiger partial charge in [-0.1, -0.05) is 12.2 Å². The molecule has 2 N–H and O–H groups in total. The van der Waals surface area contributed by atoms with E-state index in [9.17, 15) is 10.2 Å². The maximum absolute atomic E-state index is 9.53. The molecule has 4 heteroatoms. The Labute approximate surface area is 76.8 Å². The summed E-state index contributed by atoms with van der Waals surface area (Å²) >= 11 is 0. The highest BCUT2D eigenvalue weighted by Crippen LogP contribution is 2.34. The molecule has 1 aliphatic heterocycles. The summed E-state index contributed by atoms with van der Waals surface area (Å²) in [5.41, 5.74) is 0. The summed E-state index contributed by atoms with van der Waals surface area (Å²) in [6, 6.07) is 0.